The highest BCUT2D eigenvalue weighted by atomic mass is 16.6. The molecule has 0 radical (unpaired) electrons. The van der Waals surface area contributed by atoms with Gasteiger partial charge in [-0.1, -0.05) is 26.0 Å². The van der Waals surface area contributed by atoms with Gasteiger partial charge < -0.3 is 29.9 Å². The van der Waals surface area contributed by atoms with E-state index in [4.69, 9.17) is 9.47 Å². The predicted molar refractivity (Wildman–Crippen MR) is 94.2 cm³/mol. The molecule has 2 unspecified atom stereocenters. The maximum Gasteiger partial charge on any atom is 0.167 e. The van der Waals surface area contributed by atoms with Crippen LogP contribution in [0, 0.1) is 17.8 Å². The van der Waals surface area contributed by atoms with E-state index in [-0.39, 0.29) is 25.0 Å². The lowest BCUT2D eigenvalue weighted by atomic mass is 9.78. The van der Waals surface area contributed by atoms with Crippen LogP contribution in [0.2, 0.25) is 0 Å². The lowest BCUT2D eigenvalue weighted by Crippen LogP contribution is -2.53. The molecule has 0 bridgehead atoms. The molecule has 0 aromatic rings. The van der Waals surface area contributed by atoms with Crippen molar-refractivity contribution in [3.63, 3.8) is 0 Å². The number of aliphatic hydroxyl groups excluding tert-OH is 3. The second kappa shape index (κ2) is 8.04. The largest absolute Gasteiger partial charge is 0.396 e. The Morgan fingerprint density at radius 3 is 2.58 bits per heavy atom. The molecule has 2 heterocycles. The van der Waals surface area contributed by atoms with Crippen molar-refractivity contribution in [3.05, 3.63) is 12.2 Å². The van der Waals surface area contributed by atoms with Gasteiger partial charge >= 0.3 is 0 Å². The second-order valence-corrected chi connectivity index (χ2v) is 7.73. The van der Waals surface area contributed by atoms with E-state index in [0.29, 0.717) is 6.42 Å². The minimum absolute atomic E-state index is 0.0669. The first-order chi connectivity index (χ1) is 12.1. The average Bonchev–Trinajstić information content (AvgIpc) is 3.29. The summed E-state index contributed by atoms with van der Waals surface area (Å²) in [6.07, 6.45) is 1.55. The molecule has 0 aromatic heterocycles. The van der Waals surface area contributed by atoms with E-state index in [0.717, 1.165) is 0 Å². The summed E-state index contributed by atoms with van der Waals surface area (Å²) < 4.78 is 11.0. The van der Waals surface area contributed by atoms with Crippen LogP contribution in [-0.4, -0.2) is 69.1 Å². The summed E-state index contributed by atoms with van der Waals surface area (Å²) in [5.41, 5.74) is -0.924. The summed E-state index contributed by atoms with van der Waals surface area (Å²) in [7, 11) is 0. The van der Waals surface area contributed by atoms with Gasteiger partial charge in [0.05, 0.1) is 43.4 Å². The molecule has 2 fully saturated rings. The molecule has 2 saturated heterocycles. The monoisotopic (exact) mass is 372 g/mol. The minimum Gasteiger partial charge on any atom is -0.396 e. The molecule has 7 nitrogen and oxygen atoms in total. The third-order valence-electron chi connectivity index (χ3n) is 5.83. The molecule has 0 aliphatic carbocycles. The summed E-state index contributed by atoms with van der Waals surface area (Å²) >= 11 is 0. The Hall–Kier alpha value is -0.830. The molecule has 2 aliphatic heterocycles. The highest BCUT2D eigenvalue weighted by Gasteiger charge is 2.62. The Kier molecular flexibility index (Phi) is 6.64. The van der Waals surface area contributed by atoms with Gasteiger partial charge in [0.25, 0.3) is 0 Å². The summed E-state index contributed by atoms with van der Waals surface area (Å²) in [6.45, 7) is 6.61. The van der Waals surface area contributed by atoms with E-state index in [9.17, 15) is 25.2 Å². The van der Waals surface area contributed by atoms with Crippen LogP contribution in [0.25, 0.3) is 0 Å². The lowest BCUT2D eigenvalue weighted by Gasteiger charge is -2.39. The van der Waals surface area contributed by atoms with Crippen molar-refractivity contribution in [2.45, 2.75) is 70.2 Å². The van der Waals surface area contributed by atoms with Gasteiger partial charge in [0, 0.05) is 12.3 Å². The maximum atomic E-state index is 12.8. The Morgan fingerprint density at radius 1 is 1.42 bits per heavy atom. The fourth-order valence-electron chi connectivity index (χ4n) is 3.93. The van der Waals surface area contributed by atoms with Crippen LogP contribution < -0.4 is 0 Å². The quantitative estimate of drug-likeness (QED) is 0.359. The van der Waals surface area contributed by atoms with Gasteiger partial charge in [-0.25, -0.2) is 0 Å². The van der Waals surface area contributed by atoms with E-state index < -0.39 is 47.8 Å². The first-order valence-electron chi connectivity index (χ1n) is 9.31. The Balaban J connectivity index is 2.07. The van der Waals surface area contributed by atoms with Crippen LogP contribution in [0.3, 0.4) is 0 Å². The number of aliphatic hydroxyl groups is 4. The molecule has 2 aliphatic rings. The zero-order chi connectivity index (χ0) is 19.7. The number of allylic oxidation sites excluding steroid dienone is 1. The van der Waals surface area contributed by atoms with Crippen molar-refractivity contribution in [1.82, 2.24) is 0 Å². The van der Waals surface area contributed by atoms with Crippen molar-refractivity contribution in [2.24, 2.45) is 17.8 Å². The number of epoxide rings is 1. The average molecular weight is 372 g/mol. The van der Waals surface area contributed by atoms with Crippen LogP contribution in [0.4, 0.5) is 0 Å². The van der Waals surface area contributed by atoms with Crippen molar-refractivity contribution in [3.8, 4) is 0 Å². The number of carbonyl (C=O) groups is 1. The van der Waals surface area contributed by atoms with Crippen LogP contribution in [-0.2, 0) is 14.3 Å². The van der Waals surface area contributed by atoms with Gasteiger partial charge in [0.15, 0.2) is 5.79 Å². The fourth-order valence-corrected chi connectivity index (χ4v) is 3.93. The van der Waals surface area contributed by atoms with Crippen molar-refractivity contribution >= 4 is 5.78 Å². The predicted octanol–water partition coefficient (Wildman–Crippen LogP) is 0.391. The molecule has 150 valence electrons. The number of Topliss-reactive ketones (excluding diaryl/α,β-unsaturated/α-hetero) is 1. The van der Waals surface area contributed by atoms with Crippen molar-refractivity contribution in [1.29, 1.82) is 0 Å². The minimum atomic E-state index is -1.44. The molecule has 26 heavy (non-hydrogen) atoms. The number of carbonyl (C=O) groups excluding carboxylic acids is 1. The highest BCUT2D eigenvalue weighted by Crippen LogP contribution is 2.47. The first-order valence-corrected chi connectivity index (χ1v) is 9.31. The highest BCUT2D eigenvalue weighted by molar-refractivity contribution is 5.85. The van der Waals surface area contributed by atoms with Gasteiger partial charge in [-0.15, -0.1) is 0 Å². The molecule has 0 amide bonds. The second-order valence-electron chi connectivity index (χ2n) is 7.73. The van der Waals surface area contributed by atoms with Crippen LogP contribution in [0.1, 0.15) is 40.5 Å². The van der Waals surface area contributed by atoms with E-state index in [1.165, 1.54) is 0 Å². The fraction of sp³-hybridized carbons (Fsp3) is 0.842. The normalized spacial score (nSPS) is 41.0. The summed E-state index contributed by atoms with van der Waals surface area (Å²) in [4.78, 5) is 12.8. The third kappa shape index (κ3) is 4.03. The molecular formula is C19H32O7. The number of ether oxygens (including phenoxy) is 2. The molecule has 7 heteroatoms. The smallest absolute Gasteiger partial charge is 0.167 e. The van der Waals surface area contributed by atoms with Gasteiger partial charge in [0.1, 0.15) is 11.4 Å². The summed E-state index contributed by atoms with van der Waals surface area (Å²) in [5.74, 6) is -3.83. The number of hydrogen-bond acceptors (Lipinski definition) is 7. The van der Waals surface area contributed by atoms with Crippen LogP contribution >= 0.6 is 0 Å². The summed E-state index contributed by atoms with van der Waals surface area (Å²) in [6, 6.07) is 0. The Labute approximate surface area is 154 Å². The number of ketones is 1. The molecule has 0 saturated carbocycles. The van der Waals surface area contributed by atoms with Crippen molar-refractivity contribution < 1.29 is 34.7 Å². The van der Waals surface area contributed by atoms with Gasteiger partial charge in [0.2, 0.25) is 0 Å². The molecule has 8 atom stereocenters. The molecule has 0 aromatic carbocycles. The lowest BCUT2D eigenvalue weighted by molar-refractivity contribution is -0.258. The van der Waals surface area contributed by atoms with Gasteiger partial charge in [-0.2, -0.15) is 0 Å². The van der Waals surface area contributed by atoms with E-state index in [1.807, 2.05) is 26.0 Å². The van der Waals surface area contributed by atoms with E-state index in [1.54, 1.807) is 13.8 Å². The summed E-state index contributed by atoms with van der Waals surface area (Å²) in [5, 5.41) is 40.9. The maximum absolute atomic E-state index is 12.8. The Bertz CT molecular complexity index is 536. The first kappa shape index (κ1) is 21.5. The van der Waals surface area contributed by atoms with Gasteiger partial charge in [-0.05, 0) is 20.3 Å². The van der Waals surface area contributed by atoms with Crippen molar-refractivity contribution in [2.75, 3.05) is 13.2 Å². The van der Waals surface area contributed by atoms with Gasteiger partial charge in [-0.3, -0.25) is 4.79 Å². The molecule has 4 N–H and O–H groups in total. The molecule has 2 rings (SSSR count). The zero-order valence-corrected chi connectivity index (χ0v) is 16.0. The SMILES string of the molecule is CC=C[C@H](C)[C@H]1OC1(C)[C@@H](O)[C@@H](CO)C(=O)[C@H]1COC(O)(CC)C[C@H]1O. The van der Waals surface area contributed by atoms with E-state index >= 15 is 0 Å². The third-order valence-corrected chi connectivity index (χ3v) is 5.83. The zero-order valence-electron chi connectivity index (χ0n) is 16.0. The Morgan fingerprint density at radius 2 is 2.08 bits per heavy atom. The number of rotatable bonds is 8. The molecular weight excluding hydrogens is 340 g/mol. The van der Waals surface area contributed by atoms with E-state index in [2.05, 4.69) is 0 Å². The number of hydrogen-bond donors (Lipinski definition) is 4. The van der Waals surface area contributed by atoms with Crippen LogP contribution in [0.15, 0.2) is 12.2 Å². The van der Waals surface area contributed by atoms with Crippen LogP contribution in [0.5, 0.6) is 0 Å². The molecule has 0 spiro atoms. The standard InChI is InChI=1S/C19H32O7/c1-5-7-11(3)17-18(4,26-17)16(23)12(9-20)15(22)13-10-25-19(24,6-2)8-14(13)21/h5,7,11-14,16-17,20-21,23-24H,6,8-10H2,1-4H3/t11-,12-,13-,14+,16-,17+,18?,19?/m0/s1. The topological polar surface area (TPSA) is 120 Å².